The fraction of sp³-hybridized carbons (Fsp3) is 0.900. The molecule has 82 valence electrons. The van der Waals surface area contributed by atoms with Crippen LogP contribution < -0.4 is 5.32 Å². The molecule has 0 saturated carbocycles. The first-order valence-electron chi connectivity index (χ1n) is 5.18. The molecule has 1 amide bonds. The lowest BCUT2D eigenvalue weighted by molar-refractivity contribution is -0.140. The molecule has 0 aromatic carbocycles. The molecule has 1 unspecified atom stereocenters. The summed E-state index contributed by atoms with van der Waals surface area (Å²) in [5.74, 6) is -0.101. The molecule has 4 nitrogen and oxygen atoms in total. The summed E-state index contributed by atoms with van der Waals surface area (Å²) in [6.45, 7) is 4.37. The van der Waals surface area contributed by atoms with E-state index < -0.39 is 5.60 Å². The van der Waals surface area contributed by atoms with E-state index >= 15 is 0 Å². The highest BCUT2D eigenvalue weighted by atomic mass is 16.5. The largest absolute Gasteiger partial charge is 0.394 e. The van der Waals surface area contributed by atoms with Crippen LogP contribution in [0.5, 0.6) is 0 Å². The summed E-state index contributed by atoms with van der Waals surface area (Å²) in [7, 11) is 0. The second-order valence-electron chi connectivity index (χ2n) is 3.94. The van der Waals surface area contributed by atoms with Gasteiger partial charge in [-0.15, -0.1) is 0 Å². The zero-order valence-corrected chi connectivity index (χ0v) is 8.88. The molecule has 1 aliphatic heterocycles. The van der Waals surface area contributed by atoms with Crippen molar-refractivity contribution in [1.29, 1.82) is 0 Å². The highest BCUT2D eigenvalue weighted by Crippen LogP contribution is 2.25. The third-order valence-electron chi connectivity index (χ3n) is 2.75. The van der Waals surface area contributed by atoms with Crippen LogP contribution in [0.3, 0.4) is 0 Å². The van der Waals surface area contributed by atoms with E-state index in [0.717, 1.165) is 19.3 Å². The number of ether oxygens (including phenoxy) is 1. The zero-order valence-electron chi connectivity index (χ0n) is 8.88. The lowest BCUT2D eigenvalue weighted by atomic mass is 10.0. The lowest BCUT2D eigenvalue weighted by Gasteiger charge is -2.24. The van der Waals surface area contributed by atoms with E-state index in [4.69, 9.17) is 9.84 Å². The van der Waals surface area contributed by atoms with Crippen LogP contribution in [0, 0.1) is 0 Å². The second kappa shape index (κ2) is 4.75. The molecule has 0 radical (unpaired) electrons. The number of carbonyl (C=O) groups is 1. The predicted molar refractivity (Wildman–Crippen MR) is 52.9 cm³/mol. The van der Waals surface area contributed by atoms with Crippen LogP contribution in [0.25, 0.3) is 0 Å². The van der Waals surface area contributed by atoms with E-state index in [9.17, 15) is 4.79 Å². The molecule has 1 fully saturated rings. The average molecular weight is 201 g/mol. The average Bonchev–Trinajstić information content (AvgIpc) is 2.62. The van der Waals surface area contributed by atoms with Gasteiger partial charge in [0, 0.05) is 6.61 Å². The van der Waals surface area contributed by atoms with Gasteiger partial charge < -0.3 is 15.2 Å². The topological polar surface area (TPSA) is 58.6 Å². The van der Waals surface area contributed by atoms with Crippen LogP contribution in [0.1, 0.15) is 33.1 Å². The van der Waals surface area contributed by atoms with Gasteiger partial charge in [-0.2, -0.15) is 0 Å². The summed E-state index contributed by atoms with van der Waals surface area (Å²) in [4.78, 5) is 11.7. The summed E-state index contributed by atoms with van der Waals surface area (Å²) in [6, 6.07) is -0.150. The Morgan fingerprint density at radius 3 is 2.86 bits per heavy atom. The molecular formula is C10H19NO3. The molecule has 0 aliphatic carbocycles. The van der Waals surface area contributed by atoms with Crippen LogP contribution in [0.15, 0.2) is 0 Å². The number of aliphatic hydroxyl groups excluding tert-OH is 1. The van der Waals surface area contributed by atoms with Crippen molar-refractivity contribution in [3.8, 4) is 0 Å². The number of nitrogens with one attached hydrogen (secondary N) is 1. The van der Waals surface area contributed by atoms with Crippen molar-refractivity contribution in [3.05, 3.63) is 0 Å². The van der Waals surface area contributed by atoms with Gasteiger partial charge in [0.05, 0.1) is 12.6 Å². The molecule has 4 heteroatoms. The zero-order chi connectivity index (χ0) is 10.6. The summed E-state index contributed by atoms with van der Waals surface area (Å²) >= 11 is 0. The molecule has 0 bridgehead atoms. The first-order valence-corrected chi connectivity index (χ1v) is 5.18. The van der Waals surface area contributed by atoms with Crippen LogP contribution in [-0.2, 0) is 9.53 Å². The van der Waals surface area contributed by atoms with Crippen molar-refractivity contribution in [1.82, 2.24) is 5.32 Å². The predicted octanol–water partition coefficient (Wildman–Crippen LogP) is 0.443. The summed E-state index contributed by atoms with van der Waals surface area (Å²) in [5, 5.41) is 11.7. The van der Waals surface area contributed by atoms with E-state index in [2.05, 4.69) is 5.32 Å². The quantitative estimate of drug-likeness (QED) is 0.694. The Morgan fingerprint density at radius 1 is 1.71 bits per heavy atom. The van der Waals surface area contributed by atoms with Gasteiger partial charge in [0.25, 0.3) is 5.91 Å². The highest BCUT2D eigenvalue weighted by molar-refractivity contribution is 5.85. The number of hydrogen-bond acceptors (Lipinski definition) is 3. The van der Waals surface area contributed by atoms with Crippen LogP contribution >= 0.6 is 0 Å². The van der Waals surface area contributed by atoms with Crippen molar-refractivity contribution >= 4 is 5.91 Å². The van der Waals surface area contributed by atoms with E-state index in [1.165, 1.54) is 0 Å². The monoisotopic (exact) mass is 201 g/mol. The summed E-state index contributed by atoms with van der Waals surface area (Å²) < 4.78 is 5.40. The molecule has 1 saturated heterocycles. The molecule has 1 heterocycles. The summed E-state index contributed by atoms with van der Waals surface area (Å²) in [5.41, 5.74) is -0.678. The van der Waals surface area contributed by atoms with Gasteiger partial charge in [-0.05, 0) is 26.2 Å². The van der Waals surface area contributed by atoms with Crippen LogP contribution in [-0.4, -0.2) is 35.9 Å². The Kier molecular flexibility index (Phi) is 3.89. The minimum atomic E-state index is -0.678. The number of amides is 1. The van der Waals surface area contributed by atoms with Gasteiger partial charge in [0.15, 0.2) is 0 Å². The summed E-state index contributed by atoms with van der Waals surface area (Å²) in [6.07, 6.45) is 2.43. The molecular weight excluding hydrogens is 182 g/mol. The number of carbonyl (C=O) groups excluding carboxylic acids is 1. The third-order valence-corrected chi connectivity index (χ3v) is 2.75. The van der Waals surface area contributed by atoms with Gasteiger partial charge in [-0.1, -0.05) is 6.92 Å². The second-order valence-corrected chi connectivity index (χ2v) is 3.94. The van der Waals surface area contributed by atoms with Gasteiger partial charge in [0.2, 0.25) is 0 Å². The Bertz CT molecular complexity index is 196. The molecule has 1 rings (SSSR count). The minimum Gasteiger partial charge on any atom is -0.394 e. The lowest BCUT2D eigenvalue weighted by Crippen LogP contribution is -2.49. The molecule has 0 spiro atoms. The van der Waals surface area contributed by atoms with Gasteiger partial charge in [-0.3, -0.25) is 4.79 Å². The fourth-order valence-corrected chi connectivity index (χ4v) is 1.57. The van der Waals surface area contributed by atoms with Crippen molar-refractivity contribution in [2.75, 3.05) is 13.2 Å². The van der Waals surface area contributed by atoms with Gasteiger partial charge >= 0.3 is 0 Å². The first kappa shape index (κ1) is 11.5. The van der Waals surface area contributed by atoms with E-state index in [1.807, 2.05) is 6.92 Å². The van der Waals surface area contributed by atoms with E-state index in [0.29, 0.717) is 6.61 Å². The Balaban J connectivity index is 2.48. The first-order chi connectivity index (χ1) is 6.62. The Labute approximate surface area is 84.6 Å². The third kappa shape index (κ3) is 2.45. The number of rotatable bonds is 4. The maximum Gasteiger partial charge on any atom is 0.252 e. The van der Waals surface area contributed by atoms with Crippen molar-refractivity contribution in [2.24, 2.45) is 0 Å². The minimum absolute atomic E-state index is 0.0156. The van der Waals surface area contributed by atoms with E-state index in [-0.39, 0.29) is 18.6 Å². The maximum atomic E-state index is 11.7. The molecule has 2 atom stereocenters. The molecule has 14 heavy (non-hydrogen) atoms. The number of aliphatic hydroxyl groups is 1. The molecule has 0 aromatic heterocycles. The SMILES string of the molecule is CC[C@@H](CO)NC(=O)C1(C)CCCO1. The molecule has 2 N–H and O–H groups in total. The smallest absolute Gasteiger partial charge is 0.252 e. The van der Waals surface area contributed by atoms with Crippen molar-refractivity contribution < 1.29 is 14.6 Å². The normalized spacial score (nSPS) is 28.8. The Hall–Kier alpha value is -0.610. The fourth-order valence-electron chi connectivity index (χ4n) is 1.57. The standard InChI is InChI=1S/C10H19NO3/c1-3-8(7-12)11-9(13)10(2)5-4-6-14-10/h8,12H,3-7H2,1-2H3,(H,11,13)/t8-,10?/m0/s1. The number of hydrogen-bond donors (Lipinski definition) is 2. The molecule has 1 aliphatic rings. The van der Waals surface area contributed by atoms with Gasteiger partial charge in [-0.25, -0.2) is 0 Å². The highest BCUT2D eigenvalue weighted by Gasteiger charge is 2.38. The van der Waals surface area contributed by atoms with Crippen molar-refractivity contribution in [3.63, 3.8) is 0 Å². The van der Waals surface area contributed by atoms with Crippen LogP contribution in [0.2, 0.25) is 0 Å². The van der Waals surface area contributed by atoms with Gasteiger partial charge in [0.1, 0.15) is 5.60 Å². The van der Waals surface area contributed by atoms with Crippen molar-refractivity contribution in [2.45, 2.75) is 44.8 Å². The maximum absolute atomic E-state index is 11.7. The van der Waals surface area contributed by atoms with E-state index in [1.54, 1.807) is 6.92 Å². The molecule has 0 aromatic rings. The Morgan fingerprint density at radius 2 is 2.43 bits per heavy atom. The van der Waals surface area contributed by atoms with Crippen LogP contribution in [0.4, 0.5) is 0 Å².